The van der Waals surface area contributed by atoms with Crippen LogP contribution in [0.15, 0.2) is 0 Å². The van der Waals surface area contributed by atoms with Crippen molar-refractivity contribution < 1.29 is 4.79 Å². The molecule has 4 nitrogen and oxygen atoms in total. The molecule has 2 fully saturated rings. The highest BCUT2D eigenvalue weighted by atomic mass is 16.2. The Kier molecular flexibility index (Phi) is 6.11. The first-order valence-corrected chi connectivity index (χ1v) is 8.03. The van der Waals surface area contributed by atoms with Crippen molar-refractivity contribution in [2.24, 2.45) is 0 Å². The van der Waals surface area contributed by atoms with E-state index in [9.17, 15) is 4.79 Å². The van der Waals surface area contributed by atoms with Gasteiger partial charge in [-0.15, -0.1) is 0 Å². The van der Waals surface area contributed by atoms with E-state index in [-0.39, 0.29) is 5.91 Å². The average molecular weight is 267 g/mol. The lowest BCUT2D eigenvalue weighted by atomic mass is 9.95. The van der Waals surface area contributed by atoms with Crippen LogP contribution in [0.3, 0.4) is 0 Å². The molecular weight excluding hydrogens is 238 g/mol. The molecule has 0 aromatic rings. The second-order valence-electron chi connectivity index (χ2n) is 5.97. The van der Waals surface area contributed by atoms with Crippen molar-refractivity contribution in [2.45, 2.75) is 64.0 Å². The molecule has 1 saturated heterocycles. The number of hydrogen-bond donors (Lipinski definition) is 2. The molecule has 0 bridgehead atoms. The number of hydrogen-bond acceptors (Lipinski definition) is 3. The second kappa shape index (κ2) is 7.85. The Morgan fingerprint density at radius 1 is 1.21 bits per heavy atom. The van der Waals surface area contributed by atoms with Crippen LogP contribution >= 0.6 is 0 Å². The van der Waals surface area contributed by atoms with Gasteiger partial charge >= 0.3 is 0 Å². The van der Waals surface area contributed by atoms with Gasteiger partial charge in [0, 0.05) is 18.6 Å². The van der Waals surface area contributed by atoms with E-state index in [2.05, 4.69) is 22.5 Å². The molecule has 2 rings (SSSR count). The standard InChI is InChI=1S/C15H29N3O/c1-2-18(14-9-6-10-16-11-14)12-15(19)17-13-7-4-3-5-8-13/h13-14,16H,2-12H2,1H3,(H,17,19). The first-order chi connectivity index (χ1) is 9.29. The van der Waals surface area contributed by atoms with Gasteiger partial charge in [0.25, 0.3) is 0 Å². The third-order valence-corrected chi connectivity index (χ3v) is 4.51. The van der Waals surface area contributed by atoms with Crippen LogP contribution in [-0.4, -0.2) is 49.1 Å². The van der Waals surface area contributed by atoms with E-state index in [0.717, 1.165) is 19.6 Å². The van der Waals surface area contributed by atoms with Gasteiger partial charge in [0.2, 0.25) is 5.91 Å². The average Bonchev–Trinajstić information content (AvgIpc) is 2.47. The van der Waals surface area contributed by atoms with E-state index in [1.807, 2.05) is 0 Å². The molecule has 1 atom stereocenters. The monoisotopic (exact) mass is 267 g/mol. The van der Waals surface area contributed by atoms with Crippen LogP contribution in [0, 0.1) is 0 Å². The first kappa shape index (κ1) is 14.8. The number of carbonyl (C=O) groups excluding carboxylic acids is 1. The summed E-state index contributed by atoms with van der Waals surface area (Å²) in [6.45, 7) is 5.85. The Bertz CT molecular complexity index is 271. The summed E-state index contributed by atoms with van der Waals surface area (Å²) in [6, 6.07) is 0.972. The fraction of sp³-hybridized carbons (Fsp3) is 0.933. The molecule has 0 aromatic heterocycles. The zero-order valence-electron chi connectivity index (χ0n) is 12.3. The smallest absolute Gasteiger partial charge is 0.234 e. The number of amides is 1. The number of rotatable bonds is 5. The summed E-state index contributed by atoms with van der Waals surface area (Å²) in [7, 11) is 0. The maximum absolute atomic E-state index is 12.2. The second-order valence-corrected chi connectivity index (χ2v) is 5.97. The van der Waals surface area contributed by atoms with Gasteiger partial charge in [-0.1, -0.05) is 26.2 Å². The molecule has 1 aliphatic heterocycles. The SMILES string of the molecule is CCN(CC(=O)NC1CCCCC1)C1CCCNC1. The van der Waals surface area contributed by atoms with E-state index in [4.69, 9.17) is 0 Å². The van der Waals surface area contributed by atoms with Crippen molar-refractivity contribution in [1.29, 1.82) is 0 Å². The number of carbonyl (C=O) groups is 1. The Morgan fingerprint density at radius 3 is 2.63 bits per heavy atom. The van der Waals surface area contributed by atoms with Crippen LogP contribution in [0.25, 0.3) is 0 Å². The van der Waals surface area contributed by atoms with E-state index in [0.29, 0.717) is 18.6 Å². The van der Waals surface area contributed by atoms with Crippen LogP contribution in [0.1, 0.15) is 51.9 Å². The van der Waals surface area contributed by atoms with Gasteiger partial charge in [-0.2, -0.15) is 0 Å². The fourth-order valence-electron chi connectivity index (χ4n) is 3.35. The van der Waals surface area contributed by atoms with Crippen molar-refractivity contribution in [2.75, 3.05) is 26.2 Å². The summed E-state index contributed by atoms with van der Waals surface area (Å²) in [5, 5.41) is 6.65. The zero-order valence-corrected chi connectivity index (χ0v) is 12.3. The first-order valence-electron chi connectivity index (χ1n) is 8.03. The van der Waals surface area contributed by atoms with E-state index in [1.54, 1.807) is 0 Å². The third-order valence-electron chi connectivity index (χ3n) is 4.51. The highest BCUT2D eigenvalue weighted by Gasteiger charge is 2.23. The van der Waals surface area contributed by atoms with Crippen molar-refractivity contribution in [3.63, 3.8) is 0 Å². The topological polar surface area (TPSA) is 44.4 Å². The molecule has 1 aliphatic carbocycles. The van der Waals surface area contributed by atoms with E-state index >= 15 is 0 Å². The summed E-state index contributed by atoms with van der Waals surface area (Å²) in [5.74, 6) is 0.222. The molecule has 0 aromatic carbocycles. The molecule has 2 N–H and O–H groups in total. The maximum atomic E-state index is 12.2. The summed E-state index contributed by atoms with van der Waals surface area (Å²) in [5.41, 5.74) is 0. The Hall–Kier alpha value is -0.610. The number of likely N-dealkylation sites (N-methyl/N-ethyl adjacent to an activating group) is 1. The van der Waals surface area contributed by atoms with Gasteiger partial charge in [0.05, 0.1) is 6.54 Å². The molecule has 1 unspecified atom stereocenters. The number of nitrogens with zero attached hydrogens (tertiary/aromatic N) is 1. The Balaban J connectivity index is 1.74. The van der Waals surface area contributed by atoms with Gasteiger partial charge in [0.15, 0.2) is 0 Å². The van der Waals surface area contributed by atoms with Gasteiger partial charge < -0.3 is 10.6 Å². The molecule has 110 valence electrons. The molecule has 2 aliphatic rings. The quantitative estimate of drug-likeness (QED) is 0.793. The van der Waals surface area contributed by atoms with Crippen LogP contribution in [0.2, 0.25) is 0 Å². The largest absolute Gasteiger partial charge is 0.352 e. The number of nitrogens with one attached hydrogen (secondary N) is 2. The predicted octanol–water partition coefficient (Wildman–Crippen LogP) is 1.51. The minimum atomic E-state index is 0.222. The molecule has 4 heteroatoms. The normalized spacial score (nSPS) is 25.5. The minimum absolute atomic E-state index is 0.222. The van der Waals surface area contributed by atoms with Gasteiger partial charge in [-0.25, -0.2) is 0 Å². The highest BCUT2D eigenvalue weighted by Crippen LogP contribution is 2.17. The summed E-state index contributed by atoms with van der Waals surface area (Å²) < 4.78 is 0. The molecule has 0 spiro atoms. The fourth-order valence-corrected chi connectivity index (χ4v) is 3.35. The Labute approximate surface area is 117 Å². The van der Waals surface area contributed by atoms with Crippen molar-refractivity contribution >= 4 is 5.91 Å². The summed E-state index contributed by atoms with van der Waals surface area (Å²) >= 11 is 0. The molecular formula is C15H29N3O. The lowest BCUT2D eigenvalue weighted by molar-refractivity contribution is -0.123. The van der Waals surface area contributed by atoms with E-state index in [1.165, 1.54) is 44.9 Å². The van der Waals surface area contributed by atoms with E-state index < -0.39 is 0 Å². The summed E-state index contributed by atoms with van der Waals surface area (Å²) in [6.07, 6.45) is 8.67. The highest BCUT2D eigenvalue weighted by molar-refractivity contribution is 5.78. The van der Waals surface area contributed by atoms with Gasteiger partial charge in [-0.3, -0.25) is 9.69 Å². The van der Waals surface area contributed by atoms with Crippen LogP contribution in [0.5, 0.6) is 0 Å². The molecule has 1 heterocycles. The van der Waals surface area contributed by atoms with Crippen LogP contribution < -0.4 is 10.6 Å². The zero-order chi connectivity index (χ0) is 13.5. The molecule has 19 heavy (non-hydrogen) atoms. The van der Waals surface area contributed by atoms with Gasteiger partial charge in [-0.05, 0) is 38.8 Å². The summed E-state index contributed by atoms with van der Waals surface area (Å²) in [4.78, 5) is 14.5. The lowest BCUT2D eigenvalue weighted by Crippen LogP contribution is -2.50. The van der Waals surface area contributed by atoms with Crippen molar-refractivity contribution in [1.82, 2.24) is 15.5 Å². The third kappa shape index (κ3) is 4.77. The van der Waals surface area contributed by atoms with Crippen LogP contribution in [0.4, 0.5) is 0 Å². The van der Waals surface area contributed by atoms with Crippen molar-refractivity contribution in [3.05, 3.63) is 0 Å². The van der Waals surface area contributed by atoms with Crippen LogP contribution in [-0.2, 0) is 4.79 Å². The maximum Gasteiger partial charge on any atom is 0.234 e. The predicted molar refractivity (Wildman–Crippen MR) is 78.2 cm³/mol. The number of piperidine rings is 1. The minimum Gasteiger partial charge on any atom is -0.352 e. The Morgan fingerprint density at radius 2 is 2.00 bits per heavy atom. The van der Waals surface area contributed by atoms with Gasteiger partial charge in [0.1, 0.15) is 0 Å². The lowest BCUT2D eigenvalue weighted by Gasteiger charge is -2.34. The van der Waals surface area contributed by atoms with Crippen molar-refractivity contribution in [3.8, 4) is 0 Å². The molecule has 0 radical (unpaired) electrons. The molecule has 1 saturated carbocycles. The molecule has 1 amide bonds.